The van der Waals surface area contributed by atoms with Crippen LogP contribution < -0.4 is 10.5 Å². The summed E-state index contributed by atoms with van der Waals surface area (Å²) in [6, 6.07) is 9.90. The first-order chi connectivity index (χ1) is 9.59. The van der Waals surface area contributed by atoms with E-state index < -0.39 is 0 Å². The lowest BCUT2D eigenvalue weighted by molar-refractivity contribution is -0.130. The van der Waals surface area contributed by atoms with Crippen LogP contribution in [-0.4, -0.2) is 37.0 Å². The molecular weight excluding hydrogens is 252 g/mol. The molecule has 0 saturated heterocycles. The summed E-state index contributed by atoms with van der Waals surface area (Å²) in [4.78, 5) is 13.6. The number of nitrogens with two attached hydrogens (primary N) is 1. The summed E-state index contributed by atoms with van der Waals surface area (Å²) < 4.78 is 5.59. The molecule has 0 saturated carbocycles. The van der Waals surface area contributed by atoms with Crippen molar-refractivity contribution in [3.05, 3.63) is 30.3 Å². The Kier molecular flexibility index (Phi) is 7.73. The molecule has 0 fully saturated rings. The fourth-order valence-corrected chi connectivity index (χ4v) is 1.90. The Morgan fingerprint density at radius 3 is 2.65 bits per heavy atom. The molecule has 20 heavy (non-hydrogen) atoms. The molecule has 2 N–H and O–H groups in total. The van der Waals surface area contributed by atoms with Crippen molar-refractivity contribution in [3.63, 3.8) is 0 Å². The first kappa shape index (κ1) is 16.5. The third kappa shape index (κ3) is 7.14. The van der Waals surface area contributed by atoms with Crippen LogP contribution in [0.4, 0.5) is 0 Å². The van der Waals surface area contributed by atoms with E-state index in [9.17, 15) is 4.79 Å². The second-order valence-electron chi connectivity index (χ2n) is 5.20. The highest BCUT2D eigenvalue weighted by atomic mass is 16.5. The lowest BCUT2D eigenvalue weighted by atomic mass is 10.1. The van der Waals surface area contributed by atoms with Gasteiger partial charge in [-0.1, -0.05) is 18.2 Å². The van der Waals surface area contributed by atoms with Crippen molar-refractivity contribution in [3.8, 4) is 5.75 Å². The van der Waals surface area contributed by atoms with Gasteiger partial charge in [-0.05, 0) is 38.3 Å². The minimum Gasteiger partial charge on any atom is -0.494 e. The van der Waals surface area contributed by atoms with Crippen molar-refractivity contribution in [2.75, 3.05) is 20.2 Å². The minimum absolute atomic E-state index is 0.173. The Morgan fingerprint density at radius 1 is 1.30 bits per heavy atom. The molecule has 0 aliphatic carbocycles. The van der Waals surface area contributed by atoms with Crippen LogP contribution in [0.1, 0.15) is 32.6 Å². The first-order valence-corrected chi connectivity index (χ1v) is 7.27. The number of ether oxygens (including phenoxy) is 1. The maximum atomic E-state index is 11.8. The van der Waals surface area contributed by atoms with Gasteiger partial charge in [-0.15, -0.1) is 0 Å². The number of para-hydroxylation sites is 1. The highest BCUT2D eigenvalue weighted by Crippen LogP contribution is 2.08. The van der Waals surface area contributed by atoms with Crippen LogP contribution in [0.5, 0.6) is 5.75 Å². The van der Waals surface area contributed by atoms with Gasteiger partial charge in [0.05, 0.1) is 6.61 Å². The highest BCUT2D eigenvalue weighted by molar-refractivity contribution is 5.75. The van der Waals surface area contributed by atoms with Gasteiger partial charge in [0.2, 0.25) is 5.91 Å². The summed E-state index contributed by atoms with van der Waals surface area (Å²) in [5.74, 6) is 1.06. The molecule has 0 spiro atoms. The topological polar surface area (TPSA) is 55.6 Å². The van der Waals surface area contributed by atoms with Crippen LogP contribution in [0.2, 0.25) is 0 Å². The van der Waals surface area contributed by atoms with Crippen molar-refractivity contribution in [1.29, 1.82) is 0 Å². The molecular formula is C16H26N2O2. The van der Waals surface area contributed by atoms with Gasteiger partial charge in [0.15, 0.2) is 0 Å². The number of benzene rings is 1. The molecule has 4 heteroatoms. The average molecular weight is 278 g/mol. The largest absolute Gasteiger partial charge is 0.494 e. The number of carbonyl (C=O) groups excluding carboxylic acids is 1. The van der Waals surface area contributed by atoms with Crippen molar-refractivity contribution in [2.24, 2.45) is 5.73 Å². The number of hydrogen-bond donors (Lipinski definition) is 1. The average Bonchev–Trinajstić information content (AvgIpc) is 2.44. The third-order valence-corrected chi connectivity index (χ3v) is 3.13. The first-order valence-electron chi connectivity index (χ1n) is 7.27. The van der Waals surface area contributed by atoms with Crippen LogP contribution in [0.25, 0.3) is 0 Å². The smallest absolute Gasteiger partial charge is 0.222 e. The SMILES string of the molecule is CC(N)CCCC(=O)N(C)CCCOc1ccccc1. The summed E-state index contributed by atoms with van der Waals surface area (Å²) in [6.07, 6.45) is 3.18. The van der Waals surface area contributed by atoms with Gasteiger partial charge in [-0.2, -0.15) is 0 Å². The fraction of sp³-hybridized carbons (Fsp3) is 0.562. The number of carbonyl (C=O) groups is 1. The predicted molar refractivity (Wildman–Crippen MR) is 81.7 cm³/mol. The molecule has 1 atom stereocenters. The van der Waals surface area contributed by atoms with E-state index in [-0.39, 0.29) is 11.9 Å². The van der Waals surface area contributed by atoms with Crippen LogP contribution in [-0.2, 0) is 4.79 Å². The van der Waals surface area contributed by atoms with E-state index in [1.54, 1.807) is 4.90 Å². The number of nitrogens with zero attached hydrogens (tertiary/aromatic N) is 1. The molecule has 0 aromatic heterocycles. The van der Waals surface area contributed by atoms with E-state index >= 15 is 0 Å². The lowest BCUT2D eigenvalue weighted by Crippen LogP contribution is -2.28. The molecule has 1 aromatic carbocycles. The van der Waals surface area contributed by atoms with Crippen molar-refractivity contribution in [2.45, 2.75) is 38.6 Å². The van der Waals surface area contributed by atoms with E-state index in [1.165, 1.54) is 0 Å². The zero-order valence-electron chi connectivity index (χ0n) is 12.5. The van der Waals surface area contributed by atoms with E-state index in [2.05, 4.69) is 0 Å². The molecule has 0 aliphatic heterocycles. The van der Waals surface area contributed by atoms with Gasteiger partial charge in [0.1, 0.15) is 5.75 Å². The summed E-state index contributed by atoms with van der Waals surface area (Å²) in [7, 11) is 1.84. The summed E-state index contributed by atoms with van der Waals surface area (Å²) in [5, 5.41) is 0. The summed E-state index contributed by atoms with van der Waals surface area (Å²) in [5.41, 5.74) is 5.67. The van der Waals surface area contributed by atoms with Crippen LogP contribution >= 0.6 is 0 Å². The van der Waals surface area contributed by atoms with E-state index in [0.29, 0.717) is 13.0 Å². The predicted octanol–water partition coefficient (Wildman–Crippen LogP) is 2.43. The maximum absolute atomic E-state index is 11.8. The van der Waals surface area contributed by atoms with Gasteiger partial charge in [0, 0.05) is 26.1 Å². The molecule has 0 bridgehead atoms. The molecule has 4 nitrogen and oxygen atoms in total. The van der Waals surface area contributed by atoms with Crippen molar-refractivity contribution < 1.29 is 9.53 Å². The molecule has 1 aromatic rings. The van der Waals surface area contributed by atoms with E-state index in [1.807, 2.05) is 44.3 Å². The number of rotatable bonds is 9. The zero-order chi connectivity index (χ0) is 14.8. The second kappa shape index (κ2) is 9.37. The summed E-state index contributed by atoms with van der Waals surface area (Å²) in [6.45, 7) is 3.32. The quantitative estimate of drug-likeness (QED) is 0.706. The van der Waals surface area contributed by atoms with Gasteiger partial charge in [0.25, 0.3) is 0 Å². The van der Waals surface area contributed by atoms with Crippen molar-refractivity contribution >= 4 is 5.91 Å². The molecule has 112 valence electrons. The van der Waals surface area contributed by atoms with Gasteiger partial charge in [-0.25, -0.2) is 0 Å². The summed E-state index contributed by atoms with van der Waals surface area (Å²) >= 11 is 0. The van der Waals surface area contributed by atoms with Crippen LogP contribution in [0.3, 0.4) is 0 Å². The van der Waals surface area contributed by atoms with E-state index in [4.69, 9.17) is 10.5 Å². The number of amides is 1. The van der Waals surface area contributed by atoms with Gasteiger partial charge < -0.3 is 15.4 Å². The Balaban J connectivity index is 2.10. The normalized spacial score (nSPS) is 11.9. The van der Waals surface area contributed by atoms with E-state index in [0.717, 1.165) is 31.6 Å². The molecule has 0 heterocycles. The van der Waals surface area contributed by atoms with Crippen LogP contribution in [0, 0.1) is 0 Å². The van der Waals surface area contributed by atoms with Gasteiger partial charge in [-0.3, -0.25) is 4.79 Å². The molecule has 1 amide bonds. The van der Waals surface area contributed by atoms with Crippen molar-refractivity contribution in [1.82, 2.24) is 4.90 Å². The van der Waals surface area contributed by atoms with Gasteiger partial charge >= 0.3 is 0 Å². The Hall–Kier alpha value is -1.55. The molecule has 1 rings (SSSR count). The number of hydrogen-bond acceptors (Lipinski definition) is 3. The molecule has 1 unspecified atom stereocenters. The lowest BCUT2D eigenvalue weighted by Gasteiger charge is -2.17. The third-order valence-electron chi connectivity index (χ3n) is 3.13. The second-order valence-corrected chi connectivity index (χ2v) is 5.20. The Morgan fingerprint density at radius 2 is 2.00 bits per heavy atom. The Bertz CT molecular complexity index is 379. The molecule has 0 aliphatic rings. The standard InChI is InChI=1S/C16H26N2O2/c1-14(17)8-6-11-16(19)18(2)12-7-13-20-15-9-4-3-5-10-15/h3-5,9-10,14H,6-8,11-13,17H2,1-2H3. The minimum atomic E-state index is 0.173. The fourth-order valence-electron chi connectivity index (χ4n) is 1.90. The van der Waals surface area contributed by atoms with Crippen LogP contribution in [0.15, 0.2) is 30.3 Å². The maximum Gasteiger partial charge on any atom is 0.222 e. The monoisotopic (exact) mass is 278 g/mol. The molecule has 0 radical (unpaired) electrons. The zero-order valence-corrected chi connectivity index (χ0v) is 12.5. The Labute approximate surface area is 121 Å². The highest BCUT2D eigenvalue weighted by Gasteiger charge is 2.08.